The maximum absolute atomic E-state index is 12.3. The highest BCUT2D eigenvalue weighted by Gasteiger charge is 2.18. The summed E-state index contributed by atoms with van der Waals surface area (Å²) in [5.41, 5.74) is 13.0. The SMILES string of the molecule is NC(=O)CN(Cc1cccc(N)c1)C(=O)c1ccsc1. The minimum Gasteiger partial charge on any atom is -0.399 e. The quantitative estimate of drug-likeness (QED) is 0.816. The molecule has 0 radical (unpaired) electrons. The number of hydrogen-bond acceptors (Lipinski definition) is 4. The van der Waals surface area contributed by atoms with E-state index in [9.17, 15) is 9.59 Å². The van der Waals surface area contributed by atoms with E-state index < -0.39 is 5.91 Å². The number of carbonyl (C=O) groups is 2. The van der Waals surface area contributed by atoms with Crippen LogP contribution in [0.5, 0.6) is 0 Å². The van der Waals surface area contributed by atoms with Crippen molar-refractivity contribution in [3.63, 3.8) is 0 Å². The molecular formula is C14H15N3O2S. The number of carbonyl (C=O) groups excluding carboxylic acids is 2. The molecule has 6 heteroatoms. The Morgan fingerprint density at radius 2 is 2.05 bits per heavy atom. The van der Waals surface area contributed by atoms with Gasteiger partial charge in [0.1, 0.15) is 0 Å². The predicted molar refractivity (Wildman–Crippen MR) is 79.1 cm³/mol. The summed E-state index contributed by atoms with van der Waals surface area (Å²) >= 11 is 1.43. The van der Waals surface area contributed by atoms with Crippen LogP contribution in [0.3, 0.4) is 0 Å². The van der Waals surface area contributed by atoms with Gasteiger partial charge in [0, 0.05) is 17.6 Å². The molecule has 20 heavy (non-hydrogen) atoms. The predicted octanol–water partition coefficient (Wildman–Crippen LogP) is 1.46. The Bertz CT molecular complexity index is 611. The van der Waals surface area contributed by atoms with E-state index in [0.717, 1.165) is 5.56 Å². The number of amides is 2. The van der Waals surface area contributed by atoms with Crippen molar-refractivity contribution < 1.29 is 9.59 Å². The minimum atomic E-state index is -0.544. The third kappa shape index (κ3) is 3.58. The summed E-state index contributed by atoms with van der Waals surface area (Å²) in [4.78, 5) is 24.9. The molecule has 0 atom stereocenters. The second-order valence-electron chi connectivity index (χ2n) is 4.38. The number of primary amides is 1. The lowest BCUT2D eigenvalue weighted by molar-refractivity contribution is -0.118. The molecule has 0 bridgehead atoms. The Kier molecular flexibility index (Phi) is 4.37. The molecule has 0 saturated heterocycles. The molecule has 0 aliphatic heterocycles. The summed E-state index contributed by atoms with van der Waals surface area (Å²) in [5.74, 6) is -0.759. The summed E-state index contributed by atoms with van der Waals surface area (Å²) in [6.07, 6.45) is 0. The van der Waals surface area contributed by atoms with Crippen LogP contribution in [-0.4, -0.2) is 23.3 Å². The number of hydrogen-bond donors (Lipinski definition) is 2. The minimum absolute atomic E-state index is 0.122. The number of nitrogens with zero attached hydrogens (tertiary/aromatic N) is 1. The van der Waals surface area contributed by atoms with Gasteiger partial charge in [-0.2, -0.15) is 11.3 Å². The topological polar surface area (TPSA) is 89.4 Å². The molecule has 1 aromatic heterocycles. The number of anilines is 1. The summed E-state index contributed by atoms with van der Waals surface area (Å²) in [5, 5.41) is 3.56. The highest BCUT2D eigenvalue weighted by atomic mass is 32.1. The van der Waals surface area contributed by atoms with Crippen molar-refractivity contribution in [2.24, 2.45) is 5.73 Å². The van der Waals surface area contributed by atoms with Gasteiger partial charge in [0.05, 0.1) is 12.1 Å². The van der Waals surface area contributed by atoms with E-state index in [1.54, 1.807) is 23.6 Å². The van der Waals surface area contributed by atoms with Crippen LogP contribution in [0.4, 0.5) is 5.69 Å². The monoisotopic (exact) mass is 289 g/mol. The van der Waals surface area contributed by atoms with Crippen LogP contribution in [0.15, 0.2) is 41.1 Å². The molecule has 0 saturated carbocycles. The van der Waals surface area contributed by atoms with Gasteiger partial charge < -0.3 is 16.4 Å². The van der Waals surface area contributed by atoms with Gasteiger partial charge in [0.15, 0.2) is 0 Å². The molecule has 1 aromatic carbocycles. The normalized spacial score (nSPS) is 10.2. The van der Waals surface area contributed by atoms with E-state index in [0.29, 0.717) is 17.8 Å². The van der Waals surface area contributed by atoms with Crippen molar-refractivity contribution in [2.45, 2.75) is 6.54 Å². The first-order chi connectivity index (χ1) is 9.56. The number of thiophene rings is 1. The highest BCUT2D eigenvalue weighted by molar-refractivity contribution is 7.08. The van der Waals surface area contributed by atoms with Gasteiger partial charge in [-0.15, -0.1) is 0 Å². The van der Waals surface area contributed by atoms with Gasteiger partial charge in [-0.1, -0.05) is 12.1 Å². The fourth-order valence-corrected chi connectivity index (χ4v) is 2.50. The maximum Gasteiger partial charge on any atom is 0.255 e. The third-order valence-corrected chi connectivity index (χ3v) is 3.41. The molecule has 0 aliphatic rings. The molecular weight excluding hydrogens is 274 g/mol. The first-order valence-corrected chi connectivity index (χ1v) is 6.95. The van der Waals surface area contributed by atoms with Crippen LogP contribution in [0.1, 0.15) is 15.9 Å². The van der Waals surface area contributed by atoms with Crippen molar-refractivity contribution in [1.29, 1.82) is 0 Å². The number of benzene rings is 1. The standard InChI is InChI=1S/C14H15N3O2S/c15-12-3-1-2-10(6-12)7-17(8-13(16)18)14(19)11-4-5-20-9-11/h1-6,9H,7-8,15H2,(H2,16,18). The van der Waals surface area contributed by atoms with Gasteiger partial charge in [0.25, 0.3) is 5.91 Å². The van der Waals surface area contributed by atoms with Crippen LogP contribution >= 0.6 is 11.3 Å². The van der Waals surface area contributed by atoms with Crippen molar-refractivity contribution >= 4 is 28.8 Å². The van der Waals surface area contributed by atoms with Gasteiger partial charge in [-0.25, -0.2) is 0 Å². The lowest BCUT2D eigenvalue weighted by atomic mass is 10.1. The Morgan fingerprint density at radius 1 is 1.25 bits per heavy atom. The van der Waals surface area contributed by atoms with Gasteiger partial charge in [-0.05, 0) is 29.1 Å². The Hall–Kier alpha value is -2.34. The van der Waals surface area contributed by atoms with Gasteiger partial charge >= 0.3 is 0 Å². The average molecular weight is 289 g/mol. The smallest absolute Gasteiger partial charge is 0.255 e. The van der Waals surface area contributed by atoms with Gasteiger partial charge in [-0.3, -0.25) is 9.59 Å². The first-order valence-electron chi connectivity index (χ1n) is 6.00. The van der Waals surface area contributed by atoms with Crippen LogP contribution < -0.4 is 11.5 Å². The van der Waals surface area contributed by atoms with Gasteiger partial charge in [0.2, 0.25) is 5.91 Å². The summed E-state index contributed by atoms with van der Waals surface area (Å²) in [7, 11) is 0. The Labute approximate surface area is 120 Å². The molecule has 104 valence electrons. The number of nitrogens with two attached hydrogens (primary N) is 2. The van der Waals surface area contributed by atoms with E-state index in [2.05, 4.69) is 0 Å². The molecule has 1 heterocycles. The lowest BCUT2D eigenvalue weighted by Gasteiger charge is -2.21. The number of nitrogen functional groups attached to an aromatic ring is 1. The molecule has 0 unspecified atom stereocenters. The zero-order chi connectivity index (χ0) is 14.5. The lowest BCUT2D eigenvalue weighted by Crippen LogP contribution is -2.37. The molecule has 4 N–H and O–H groups in total. The third-order valence-electron chi connectivity index (χ3n) is 2.73. The average Bonchev–Trinajstić information content (AvgIpc) is 2.90. The second kappa shape index (κ2) is 6.21. The second-order valence-corrected chi connectivity index (χ2v) is 5.16. The van der Waals surface area contributed by atoms with Crippen LogP contribution in [0, 0.1) is 0 Å². The summed E-state index contributed by atoms with van der Waals surface area (Å²) in [6.45, 7) is 0.173. The molecule has 2 rings (SSSR count). The molecule has 0 fully saturated rings. The zero-order valence-electron chi connectivity index (χ0n) is 10.8. The number of rotatable bonds is 5. The Morgan fingerprint density at radius 3 is 2.65 bits per heavy atom. The van der Waals surface area contributed by atoms with Crippen molar-refractivity contribution in [3.05, 3.63) is 52.2 Å². The van der Waals surface area contributed by atoms with Crippen LogP contribution in [0.25, 0.3) is 0 Å². The van der Waals surface area contributed by atoms with Crippen molar-refractivity contribution in [2.75, 3.05) is 12.3 Å². The molecule has 2 amide bonds. The zero-order valence-corrected chi connectivity index (χ0v) is 11.6. The summed E-state index contributed by atoms with van der Waals surface area (Å²) in [6, 6.07) is 8.92. The van der Waals surface area contributed by atoms with Crippen molar-refractivity contribution in [3.8, 4) is 0 Å². The fraction of sp³-hybridized carbons (Fsp3) is 0.143. The summed E-state index contributed by atoms with van der Waals surface area (Å²) < 4.78 is 0. The first kappa shape index (κ1) is 14.1. The van der Waals surface area contributed by atoms with E-state index in [-0.39, 0.29) is 12.5 Å². The van der Waals surface area contributed by atoms with Crippen LogP contribution in [0.2, 0.25) is 0 Å². The molecule has 0 aliphatic carbocycles. The van der Waals surface area contributed by atoms with E-state index in [1.165, 1.54) is 16.2 Å². The van der Waals surface area contributed by atoms with E-state index in [4.69, 9.17) is 11.5 Å². The molecule has 5 nitrogen and oxygen atoms in total. The van der Waals surface area contributed by atoms with Crippen molar-refractivity contribution in [1.82, 2.24) is 4.90 Å². The largest absolute Gasteiger partial charge is 0.399 e. The molecule has 0 spiro atoms. The Balaban J connectivity index is 2.19. The molecule has 2 aromatic rings. The highest BCUT2D eigenvalue weighted by Crippen LogP contribution is 2.14. The maximum atomic E-state index is 12.3. The van der Waals surface area contributed by atoms with E-state index in [1.807, 2.05) is 17.5 Å². The fourth-order valence-electron chi connectivity index (χ4n) is 1.87. The van der Waals surface area contributed by atoms with E-state index >= 15 is 0 Å². The van der Waals surface area contributed by atoms with Crippen LogP contribution in [-0.2, 0) is 11.3 Å².